The zero-order chi connectivity index (χ0) is 24.1. The molecule has 0 aromatic heterocycles. The van der Waals surface area contributed by atoms with Crippen molar-refractivity contribution in [3.05, 3.63) is 48.0 Å². The number of methoxy groups -OCH3 is 2. The summed E-state index contributed by atoms with van der Waals surface area (Å²) in [6, 6.07) is 11.1. The number of carbonyl (C=O) groups is 1. The summed E-state index contributed by atoms with van der Waals surface area (Å²) in [5.41, 5.74) is 4.12. The van der Waals surface area contributed by atoms with Crippen LogP contribution in [-0.2, 0) is 14.8 Å². The highest BCUT2D eigenvalue weighted by Gasteiger charge is 2.28. The molecule has 32 heavy (non-hydrogen) atoms. The second-order valence-electron chi connectivity index (χ2n) is 8.35. The summed E-state index contributed by atoms with van der Waals surface area (Å²) < 4.78 is 38.5. The van der Waals surface area contributed by atoms with E-state index in [1.54, 1.807) is 31.2 Å². The molecule has 0 heterocycles. The van der Waals surface area contributed by atoms with E-state index < -0.39 is 22.5 Å². The van der Waals surface area contributed by atoms with E-state index in [9.17, 15) is 13.2 Å². The number of nitrogens with one attached hydrogen (secondary N) is 1. The van der Waals surface area contributed by atoms with Gasteiger partial charge in [-0.2, -0.15) is 5.10 Å². The maximum atomic E-state index is 13.5. The topological polar surface area (TPSA) is 97.3 Å². The van der Waals surface area contributed by atoms with Gasteiger partial charge in [0, 0.05) is 17.2 Å². The number of anilines is 1. The van der Waals surface area contributed by atoms with Crippen molar-refractivity contribution in [3.63, 3.8) is 0 Å². The molecular weight excluding hydrogens is 430 g/mol. The molecule has 0 atom stereocenters. The predicted molar refractivity (Wildman–Crippen MR) is 126 cm³/mol. The van der Waals surface area contributed by atoms with Crippen LogP contribution in [0.4, 0.5) is 5.69 Å². The molecule has 8 nitrogen and oxygen atoms in total. The van der Waals surface area contributed by atoms with Crippen molar-refractivity contribution in [1.29, 1.82) is 0 Å². The summed E-state index contributed by atoms with van der Waals surface area (Å²) in [5.74, 6) is 0.217. The molecule has 1 N–H and O–H groups in total. The molecule has 174 valence electrons. The number of hydrogen-bond donors (Lipinski definition) is 1. The lowest BCUT2D eigenvalue weighted by Crippen LogP contribution is -2.40. The second kappa shape index (κ2) is 10.0. The number of ether oxygens (including phenoxy) is 2. The van der Waals surface area contributed by atoms with Gasteiger partial charge in [0.2, 0.25) is 0 Å². The van der Waals surface area contributed by atoms with Gasteiger partial charge in [-0.05, 0) is 38.1 Å². The molecule has 0 saturated heterocycles. The van der Waals surface area contributed by atoms with E-state index in [0.29, 0.717) is 17.2 Å². The Bertz CT molecular complexity index is 1090. The minimum atomic E-state index is -4.05. The Balaban J connectivity index is 2.48. The van der Waals surface area contributed by atoms with Gasteiger partial charge in [0.15, 0.2) is 11.5 Å². The van der Waals surface area contributed by atoms with Crippen LogP contribution >= 0.6 is 0 Å². The van der Waals surface area contributed by atoms with Crippen molar-refractivity contribution < 1.29 is 22.7 Å². The van der Waals surface area contributed by atoms with Gasteiger partial charge in [0.25, 0.3) is 15.9 Å². The molecule has 0 fully saturated rings. The number of nitrogens with zero attached hydrogens (tertiary/aromatic N) is 2. The number of aryl methyl sites for hydroxylation is 1. The number of rotatable bonds is 8. The van der Waals surface area contributed by atoms with E-state index in [1.807, 2.05) is 27.7 Å². The molecule has 0 aliphatic heterocycles. The number of amides is 1. The minimum absolute atomic E-state index is 0.0695. The number of carbonyl (C=O) groups excluding carboxylic acids is 1. The maximum Gasteiger partial charge on any atom is 0.264 e. The molecule has 9 heteroatoms. The SMILES string of the molecule is COc1ccc(N(CC(=O)N/N=C(/C)C(C)(C)C)S(=O)(=O)c2ccc(C)cc2)cc1OC. The van der Waals surface area contributed by atoms with Gasteiger partial charge >= 0.3 is 0 Å². The lowest BCUT2D eigenvalue weighted by atomic mass is 9.91. The van der Waals surface area contributed by atoms with Crippen LogP contribution in [0, 0.1) is 12.3 Å². The summed E-state index contributed by atoms with van der Waals surface area (Å²) in [6.07, 6.45) is 0. The fourth-order valence-corrected chi connectivity index (χ4v) is 4.03. The largest absolute Gasteiger partial charge is 0.493 e. The molecule has 2 aromatic rings. The number of hydrazone groups is 1. The Morgan fingerprint density at radius 1 is 1.03 bits per heavy atom. The number of benzene rings is 2. The van der Waals surface area contributed by atoms with E-state index in [2.05, 4.69) is 10.5 Å². The van der Waals surface area contributed by atoms with Crippen molar-refractivity contribution in [2.75, 3.05) is 25.1 Å². The van der Waals surface area contributed by atoms with E-state index in [1.165, 1.54) is 32.4 Å². The summed E-state index contributed by atoms with van der Waals surface area (Å²) in [4.78, 5) is 12.8. The van der Waals surface area contributed by atoms with Gasteiger partial charge in [0.1, 0.15) is 6.54 Å². The van der Waals surface area contributed by atoms with Gasteiger partial charge < -0.3 is 9.47 Å². The highest BCUT2D eigenvalue weighted by Crippen LogP contribution is 2.33. The molecule has 0 bridgehead atoms. The fraction of sp³-hybridized carbons (Fsp3) is 0.391. The molecule has 0 unspecified atom stereocenters. The van der Waals surface area contributed by atoms with Crippen LogP contribution in [0.2, 0.25) is 0 Å². The summed E-state index contributed by atoms with van der Waals surface area (Å²) in [5, 5.41) is 4.12. The highest BCUT2D eigenvalue weighted by molar-refractivity contribution is 7.92. The molecule has 2 rings (SSSR count). The van der Waals surface area contributed by atoms with Crippen LogP contribution in [0.25, 0.3) is 0 Å². The van der Waals surface area contributed by atoms with Crippen molar-refractivity contribution in [3.8, 4) is 11.5 Å². The third-order valence-electron chi connectivity index (χ3n) is 4.99. The van der Waals surface area contributed by atoms with Crippen LogP contribution in [0.5, 0.6) is 11.5 Å². The van der Waals surface area contributed by atoms with Crippen LogP contribution in [0.15, 0.2) is 52.5 Å². The molecule has 0 spiro atoms. The standard InChI is InChI=1S/C23H31N3O5S/c1-16-8-11-19(12-9-16)32(28,29)26(15-22(27)25-24-17(2)23(3,4)5)18-10-13-20(30-6)21(14-18)31-7/h8-14H,15H2,1-7H3,(H,25,27)/b24-17-. The fourth-order valence-electron chi connectivity index (χ4n) is 2.61. The quantitative estimate of drug-likeness (QED) is 0.477. The van der Waals surface area contributed by atoms with Crippen LogP contribution < -0.4 is 19.2 Å². The zero-order valence-electron chi connectivity index (χ0n) is 19.6. The Labute approximate surface area is 190 Å². The molecule has 0 radical (unpaired) electrons. The normalized spacial score (nSPS) is 12.3. The third kappa shape index (κ3) is 6.00. The van der Waals surface area contributed by atoms with Crippen molar-refractivity contribution in [2.45, 2.75) is 39.5 Å². The van der Waals surface area contributed by atoms with Crippen LogP contribution in [0.1, 0.15) is 33.3 Å². The van der Waals surface area contributed by atoms with Gasteiger partial charge in [-0.1, -0.05) is 38.5 Å². The monoisotopic (exact) mass is 461 g/mol. The second-order valence-corrected chi connectivity index (χ2v) is 10.2. The summed E-state index contributed by atoms with van der Waals surface area (Å²) in [6.45, 7) is 9.11. The lowest BCUT2D eigenvalue weighted by Gasteiger charge is -2.25. The lowest BCUT2D eigenvalue weighted by molar-refractivity contribution is -0.119. The predicted octanol–water partition coefficient (Wildman–Crippen LogP) is 3.75. The minimum Gasteiger partial charge on any atom is -0.493 e. The molecule has 0 aliphatic rings. The van der Waals surface area contributed by atoms with Gasteiger partial charge in [-0.15, -0.1) is 0 Å². The maximum absolute atomic E-state index is 13.5. The first-order valence-electron chi connectivity index (χ1n) is 10.0. The van der Waals surface area contributed by atoms with Crippen molar-refractivity contribution in [1.82, 2.24) is 5.43 Å². The van der Waals surface area contributed by atoms with Crippen molar-refractivity contribution >= 4 is 27.3 Å². The van der Waals surface area contributed by atoms with E-state index in [4.69, 9.17) is 9.47 Å². The Hall–Kier alpha value is -3.07. The van der Waals surface area contributed by atoms with Gasteiger partial charge in [-0.25, -0.2) is 13.8 Å². The molecular formula is C23H31N3O5S. The smallest absolute Gasteiger partial charge is 0.264 e. The Morgan fingerprint density at radius 2 is 1.62 bits per heavy atom. The van der Waals surface area contributed by atoms with E-state index >= 15 is 0 Å². The average Bonchev–Trinajstić information content (AvgIpc) is 2.74. The van der Waals surface area contributed by atoms with Crippen LogP contribution in [-0.4, -0.2) is 40.8 Å². The van der Waals surface area contributed by atoms with Gasteiger partial charge in [-0.3, -0.25) is 9.10 Å². The third-order valence-corrected chi connectivity index (χ3v) is 6.77. The van der Waals surface area contributed by atoms with Gasteiger partial charge in [0.05, 0.1) is 24.8 Å². The number of hydrogen-bond acceptors (Lipinski definition) is 6. The number of sulfonamides is 1. The first-order chi connectivity index (χ1) is 14.9. The van der Waals surface area contributed by atoms with E-state index in [0.717, 1.165) is 9.87 Å². The zero-order valence-corrected chi connectivity index (χ0v) is 20.4. The molecule has 0 aliphatic carbocycles. The Morgan fingerprint density at radius 3 is 2.16 bits per heavy atom. The average molecular weight is 462 g/mol. The summed E-state index contributed by atoms with van der Waals surface area (Å²) >= 11 is 0. The molecule has 2 aromatic carbocycles. The first-order valence-corrected chi connectivity index (χ1v) is 11.5. The molecule has 0 saturated carbocycles. The van der Waals surface area contributed by atoms with E-state index in [-0.39, 0.29) is 16.0 Å². The highest BCUT2D eigenvalue weighted by atomic mass is 32.2. The van der Waals surface area contributed by atoms with Crippen molar-refractivity contribution in [2.24, 2.45) is 10.5 Å². The summed E-state index contributed by atoms with van der Waals surface area (Å²) in [7, 11) is -1.11. The van der Waals surface area contributed by atoms with Crippen LogP contribution in [0.3, 0.4) is 0 Å². The Kier molecular flexibility index (Phi) is 7.90. The first kappa shape index (κ1) is 25.2. The molecule has 1 amide bonds.